The quantitative estimate of drug-likeness (QED) is 0.588. The van der Waals surface area contributed by atoms with Gasteiger partial charge in [-0.1, -0.05) is 18.2 Å². The summed E-state index contributed by atoms with van der Waals surface area (Å²) in [6, 6.07) is 17.0. The highest BCUT2D eigenvalue weighted by molar-refractivity contribution is 5.83. The lowest BCUT2D eigenvalue weighted by Crippen LogP contribution is -1.95. The van der Waals surface area contributed by atoms with E-state index in [1.54, 1.807) is 6.07 Å². The first kappa shape index (κ1) is 10.1. The van der Waals surface area contributed by atoms with Crippen molar-refractivity contribution in [2.24, 2.45) is 0 Å². The molecule has 84 valence electrons. The highest BCUT2D eigenvalue weighted by Gasteiger charge is 2.07. The Bertz CT molecular complexity index is 668. The highest BCUT2D eigenvalue weighted by Crippen LogP contribution is 2.24. The second-order valence-corrected chi connectivity index (χ2v) is 4.16. The molecule has 0 aliphatic rings. The molecule has 1 aromatic heterocycles. The van der Waals surface area contributed by atoms with Crippen molar-refractivity contribution in [2.75, 3.05) is 0 Å². The van der Waals surface area contributed by atoms with Crippen molar-refractivity contribution in [3.63, 3.8) is 0 Å². The van der Waals surface area contributed by atoms with E-state index in [0.29, 0.717) is 0 Å². The first-order valence-electron chi connectivity index (χ1n) is 5.59. The van der Waals surface area contributed by atoms with Gasteiger partial charge in [0.1, 0.15) is 5.82 Å². The van der Waals surface area contributed by atoms with E-state index in [4.69, 9.17) is 0 Å². The molecule has 2 aromatic carbocycles. The van der Waals surface area contributed by atoms with E-state index >= 15 is 0 Å². The number of para-hydroxylation sites is 1. The van der Waals surface area contributed by atoms with Gasteiger partial charge < -0.3 is 4.57 Å². The minimum atomic E-state index is -0.192. The molecule has 0 unspecified atom stereocenters. The van der Waals surface area contributed by atoms with Gasteiger partial charge in [0.25, 0.3) is 0 Å². The van der Waals surface area contributed by atoms with Crippen molar-refractivity contribution in [3.8, 4) is 5.69 Å². The second-order valence-electron chi connectivity index (χ2n) is 4.16. The van der Waals surface area contributed by atoms with Crippen LogP contribution >= 0.6 is 0 Å². The first-order chi connectivity index (χ1) is 8.25. The number of aryl methyl sites for hydroxylation is 1. The number of hydrogen-bond acceptors (Lipinski definition) is 0. The summed E-state index contributed by atoms with van der Waals surface area (Å²) in [7, 11) is 0. The van der Waals surface area contributed by atoms with Crippen LogP contribution in [0.2, 0.25) is 0 Å². The van der Waals surface area contributed by atoms with Crippen molar-refractivity contribution < 1.29 is 4.39 Å². The molecule has 0 atom stereocenters. The van der Waals surface area contributed by atoms with Crippen LogP contribution in [-0.2, 0) is 0 Å². The summed E-state index contributed by atoms with van der Waals surface area (Å²) < 4.78 is 15.3. The maximum absolute atomic E-state index is 13.2. The van der Waals surface area contributed by atoms with Crippen molar-refractivity contribution in [3.05, 3.63) is 66.1 Å². The van der Waals surface area contributed by atoms with Crippen molar-refractivity contribution in [1.82, 2.24) is 4.57 Å². The zero-order valence-electron chi connectivity index (χ0n) is 9.52. The minimum Gasteiger partial charge on any atom is -0.314 e. The summed E-state index contributed by atoms with van der Waals surface area (Å²) in [6.45, 7) is 2.03. The summed E-state index contributed by atoms with van der Waals surface area (Å²) in [5.41, 5.74) is 3.25. The van der Waals surface area contributed by atoms with Gasteiger partial charge in [-0.05, 0) is 43.3 Å². The van der Waals surface area contributed by atoms with Gasteiger partial charge in [-0.3, -0.25) is 0 Å². The molecule has 0 radical (unpaired) electrons. The smallest absolute Gasteiger partial charge is 0.123 e. The fourth-order valence-corrected chi connectivity index (χ4v) is 2.24. The lowest BCUT2D eigenvalue weighted by atomic mass is 10.2. The molecule has 3 aromatic rings. The predicted molar refractivity (Wildman–Crippen MR) is 68.0 cm³/mol. The second kappa shape index (κ2) is 3.74. The Balaban J connectivity index is 2.33. The van der Waals surface area contributed by atoms with Crippen LogP contribution < -0.4 is 0 Å². The van der Waals surface area contributed by atoms with Crippen LogP contribution in [0.15, 0.2) is 54.6 Å². The molecule has 3 rings (SSSR count). The molecule has 0 aliphatic carbocycles. The van der Waals surface area contributed by atoms with Crippen LogP contribution in [0.4, 0.5) is 4.39 Å². The molecule has 0 N–H and O–H groups in total. The number of hydrogen-bond donors (Lipinski definition) is 0. The molecule has 17 heavy (non-hydrogen) atoms. The fraction of sp³-hybridized carbons (Fsp3) is 0.0667. The molecule has 0 bridgehead atoms. The van der Waals surface area contributed by atoms with Gasteiger partial charge in [0.2, 0.25) is 0 Å². The number of rotatable bonds is 1. The molecule has 1 nitrogen and oxygen atoms in total. The molecule has 0 spiro atoms. The Labute approximate surface area is 99.1 Å². The summed E-state index contributed by atoms with van der Waals surface area (Å²) in [5.74, 6) is -0.192. The van der Waals surface area contributed by atoms with Crippen LogP contribution in [-0.4, -0.2) is 4.57 Å². The maximum Gasteiger partial charge on any atom is 0.123 e. The minimum absolute atomic E-state index is 0.192. The number of halogens is 1. The number of nitrogens with zero attached hydrogens (tertiary/aromatic N) is 1. The van der Waals surface area contributed by atoms with Gasteiger partial charge in [0, 0.05) is 16.8 Å². The average molecular weight is 225 g/mol. The average Bonchev–Trinajstić information content (AvgIpc) is 2.65. The molecule has 1 heterocycles. The van der Waals surface area contributed by atoms with Gasteiger partial charge in [-0.2, -0.15) is 0 Å². The predicted octanol–water partition coefficient (Wildman–Crippen LogP) is 4.08. The molecule has 0 saturated carbocycles. The van der Waals surface area contributed by atoms with E-state index in [1.807, 2.05) is 37.3 Å². The topological polar surface area (TPSA) is 4.93 Å². The van der Waals surface area contributed by atoms with Gasteiger partial charge in [0.05, 0.1) is 5.52 Å². The summed E-state index contributed by atoms with van der Waals surface area (Å²) in [5, 5.41) is 0.936. The normalized spacial score (nSPS) is 10.9. The molecule has 0 fully saturated rings. The number of fused-ring (bicyclic) bond motifs is 1. The molecular formula is C15H12FN. The Morgan fingerprint density at radius 1 is 0.941 bits per heavy atom. The lowest BCUT2D eigenvalue weighted by molar-refractivity contribution is 0.629. The van der Waals surface area contributed by atoms with E-state index in [0.717, 1.165) is 22.3 Å². The third-order valence-electron chi connectivity index (χ3n) is 2.96. The zero-order valence-corrected chi connectivity index (χ0v) is 9.52. The molecule has 2 heteroatoms. The van der Waals surface area contributed by atoms with Gasteiger partial charge >= 0.3 is 0 Å². The van der Waals surface area contributed by atoms with Crippen LogP contribution in [0.1, 0.15) is 5.69 Å². The zero-order chi connectivity index (χ0) is 11.8. The first-order valence-corrected chi connectivity index (χ1v) is 5.59. The van der Waals surface area contributed by atoms with Gasteiger partial charge in [0.15, 0.2) is 0 Å². The summed E-state index contributed by atoms with van der Waals surface area (Å²) in [6.07, 6.45) is 0. The maximum atomic E-state index is 13.2. The summed E-state index contributed by atoms with van der Waals surface area (Å²) >= 11 is 0. The third kappa shape index (κ3) is 1.62. The monoisotopic (exact) mass is 225 g/mol. The lowest BCUT2D eigenvalue weighted by Gasteiger charge is -2.07. The SMILES string of the molecule is Cc1cc2cc(F)ccc2n1-c1ccccc1. The standard InChI is InChI=1S/C15H12FN/c1-11-9-12-10-13(16)7-8-15(12)17(11)14-5-3-2-4-6-14/h2-10H,1H3. The van der Waals surface area contributed by atoms with E-state index < -0.39 is 0 Å². The summed E-state index contributed by atoms with van der Waals surface area (Å²) in [4.78, 5) is 0. The van der Waals surface area contributed by atoms with Crippen LogP contribution in [0, 0.1) is 12.7 Å². The number of benzene rings is 2. The third-order valence-corrected chi connectivity index (χ3v) is 2.96. The fourth-order valence-electron chi connectivity index (χ4n) is 2.24. The Morgan fingerprint density at radius 2 is 1.71 bits per heavy atom. The highest BCUT2D eigenvalue weighted by atomic mass is 19.1. The van der Waals surface area contributed by atoms with Crippen molar-refractivity contribution in [1.29, 1.82) is 0 Å². The van der Waals surface area contributed by atoms with Crippen LogP contribution in [0.25, 0.3) is 16.6 Å². The van der Waals surface area contributed by atoms with Gasteiger partial charge in [-0.25, -0.2) is 4.39 Å². The Kier molecular flexibility index (Phi) is 2.22. The molecule has 0 amide bonds. The molecular weight excluding hydrogens is 213 g/mol. The Morgan fingerprint density at radius 3 is 2.47 bits per heavy atom. The van der Waals surface area contributed by atoms with Crippen LogP contribution in [0.5, 0.6) is 0 Å². The molecule has 0 saturated heterocycles. The van der Waals surface area contributed by atoms with Crippen molar-refractivity contribution in [2.45, 2.75) is 6.92 Å². The van der Waals surface area contributed by atoms with E-state index in [-0.39, 0.29) is 5.82 Å². The number of aromatic nitrogens is 1. The van der Waals surface area contributed by atoms with E-state index in [9.17, 15) is 4.39 Å². The largest absolute Gasteiger partial charge is 0.314 e. The molecule has 0 aliphatic heterocycles. The van der Waals surface area contributed by atoms with E-state index in [1.165, 1.54) is 6.07 Å². The Hall–Kier alpha value is -2.09. The van der Waals surface area contributed by atoms with Gasteiger partial charge in [-0.15, -0.1) is 0 Å². The van der Waals surface area contributed by atoms with Crippen molar-refractivity contribution >= 4 is 10.9 Å². The van der Waals surface area contributed by atoms with E-state index in [2.05, 4.69) is 16.7 Å². The van der Waals surface area contributed by atoms with Crippen LogP contribution in [0.3, 0.4) is 0 Å².